The van der Waals surface area contributed by atoms with E-state index in [4.69, 9.17) is 5.26 Å². The van der Waals surface area contributed by atoms with E-state index in [1.807, 2.05) is 6.19 Å². The highest BCUT2D eigenvalue weighted by Crippen LogP contribution is 2.11. The number of piperidine rings is 1. The first-order chi connectivity index (χ1) is 4.33. The third-order valence-corrected chi connectivity index (χ3v) is 1.57. The molecule has 1 saturated heterocycles. The maximum absolute atomic E-state index is 12.4. The van der Waals surface area contributed by atoms with Crippen LogP contribution in [0.15, 0.2) is 0 Å². The predicted molar refractivity (Wildman–Crippen MR) is 31.3 cm³/mol. The number of rotatable bonds is 0. The lowest BCUT2D eigenvalue weighted by Gasteiger charge is -2.22. The molecule has 0 bridgehead atoms. The van der Waals surface area contributed by atoms with Gasteiger partial charge in [0.15, 0.2) is 6.19 Å². The lowest BCUT2D eigenvalue weighted by Crippen LogP contribution is -2.30. The minimum absolute atomic E-state index is 0.521. The molecular formula is C6H9FN2. The van der Waals surface area contributed by atoms with Gasteiger partial charge in [0, 0.05) is 13.1 Å². The predicted octanol–water partition coefficient (Wildman–Crippen LogP) is 0.901. The summed E-state index contributed by atoms with van der Waals surface area (Å²) in [4.78, 5) is 1.59. The second-order valence-electron chi connectivity index (χ2n) is 2.26. The molecule has 0 N–H and O–H groups in total. The normalized spacial score (nSPS) is 21.6. The van der Waals surface area contributed by atoms with Gasteiger partial charge in [0.25, 0.3) is 0 Å². The van der Waals surface area contributed by atoms with Crippen LogP contribution in [0.5, 0.6) is 0 Å². The third kappa shape index (κ3) is 1.56. The summed E-state index contributed by atoms with van der Waals surface area (Å²) in [6, 6.07) is 0. The number of nitrogens with zero attached hydrogens (tertiary/aromatic N) is 2. The van der Waals surface area contributed by atoms with Crippen LogP contribution in [0, 0.1) is 11.5 Å². The van der Waals surface area contributed by atoms with Crippen LogP contribution in [-0.4, -0.2) is 24.2 Å². The molecule has 9 heavy (non-hydrogen) atoms. The molecule has 0 aromatic heterocycles. The highest BCUT2D eigenvalue weighted by Gasteiger charge is 2.16. The van der Waals surface area contributed by atoms with Gasteiger partial charge in [-0.15, -0.1) is 0 Å². The van der Waals surface area contributed by atoms with Crippen LogP contribution in [0.25, 0.3) is 0 Å². The molecule has 0 spiro atoms. The van der Waals surface area contributed by atoms with Crippen molar-refractivity contribution in [2.24, 2.45) is 0 Å². The van der Waals surface area contributed by atoms with Crippen molar-refractivity contribution in [1.29, 1.82) is 5.26 Å². The Balaban J connectivity index is 2.28. The zero-order valence-corrected chi connectivity index (χ0v) is 5.18. The molecule has 0 aliphatic carbocycles. The summed E-state index contributed by atoms with van der Waals surface area (Å²) in [5.74, 6) is 0. The topological polar surface area (TPSA) is 27.0 Å². The Hall–Kier alpha value is -0.780. The van der Waals surface area contributed by atoms with Crippen LogP contribution in [0.2, 0.25) is 0 Å². The van der Waals surface area contributed by atoms with Gasteiger partial charge >= 0.3 is 0 Å². The number of halogens is 1. The van der Waals surface area contributed by atoms with Gasteiger partial charge < -0.3 is 4.90 Å². The van der Waals surface area contributed by atoms with Gasteiger partial charge in [-0.25, -0.2) is 4.39 Å². The molecule has 1 aliphatic rings. The molecule has 2 nitrogen and oxygen atoms in total. The van der Waals surface area contributed by atoms with Gasteiger partial charge in [-0.2, -0.15) is 5.26 Å². The molecule has 1 fully saturated rings. The average Bonchev–Trinajstić information content (AvgIpc) is 1.90. The Morgan fingerprint density at radius 3 is 2.44 bits per heavy atom. The molecule has 0 radical (unpaired) electrons. The summed E-state index contributed by atoms with van der Waals surface area (Å²) in [6.45, 7) is 1.19. The fourth-order valence-corrected chi connectivity index (χ4v) is 0.948. The number of hydrogen-bond acceptors (Lipinski definition) is 2. The molecule has 50 valence electrons. The fourth-order valence-electron chi connectivity index (χ4n) is 0.948. The van der Waals surface area contributed by atoms with Crippen LogP contribution in [0.1, 0.15) is 12.8 Å². The first-order valence-corrected chi connectivity index (χ1v) is 3.11. The largest absolute Gasteiger partial charge is 0.310 e. The number of likely N-dealkylation sites (tertiary alicyclic amines) is 1. The van der Waals surface area contributed by atoms with Gasteiger partial charge in [-0.1, -0.05) is 0 Å². The Labute approximate surface area is 53.9 Å². The van der Waals surface area contributed by atoms with Crippen LogP contribution in [-0.2, 0) is 0 Å². The summed E-state index contributed by atoms with van der Waals surface area (Å²) in [5, 5.41) is 8.33. The van der Waals surface area contributed by atoms with Crippen molar-refractivity contribution in [2.75, 3.05) is 13.1 Å². The summed E-state index contributed by atoms with van der Waals surface area (Å²) in [5.41, 5.74) is 0. The zero-order valence-electron chi connectivity index (χ0n) is 5.18. The van der Waals surface area contributed by atoms with Crippen molar-refractivity contribution in [3.05, 3.63) is 0 Å². The van der Waals surface area contributed by atoms with Crippen molar-refractivity contribution in [1.82, 2.24) is 4.90 Å². The Morgan fingerprint density at radius 2 is 2.00 bits per heavy atom. The van der Waals surface area contributed by atoms with Crippen LogP contribution < -0.4 is 0 Å². The lowest BCUT2D eigenvalue weighted by molar-refractivity contribution is 0.196. The van der Waals surface area contributed by atoms with Gasteiger partial charge in [-0.3, -0.25) is 0 Å². The number of alkyl halides is 1. The third-order valence-electron chi connectivity index (χ3n) is 1.57. The van der Waals surface area contributed by atoms with Gasteiger partial charge in [0.1, 0.15) is 6.17 Å². The van der Waals surface area contributed by atoms with E-state index in [-0.39, 0.29) is 0 Å². The number of nitriles is 1. The quantitative estimate of drug-likeness (QED) is 0.453. The van der Waals surface area contributed by atoms with E-state index in [2.05, 4.69) is 0 Å². The smallest absolute Gasteiger partial charge is 0.179 e. The van der Waals surface area contributed by atoms with E-state index >= 15 is 0 Å². The summed E-state index contributed by atoms with van der Waals surface area (Å²) < 4.78 is 12.4. The van der Waals surface area contributed by atoms with E-state index < -0.39 is 6.17 Å². The molecule has 0 atom stereocenters. The molecule has 0 aromatic carbocycles. The fraction of sp³-hybridized carbons (Fsp3) is 0.833. The van der Waals surface area contributed by atoms with Crippen molar-refractivity contribution in [2.45, 2.75) is 19.0 Å². The van der Waals surface area contributed by atoms with Crippen molar-refractivity contribution >= 4 is 0 Å². The molecule has 0 unspecified atom stereocenters. The van der Waals surface area contributed by atoms with E-state index in [1.54, 1.807) is 4.90 Å². The molecule has 1 rings (SSSR count). The van der Waals surface area contributed by atoms with Crippen molar-refractivity contribution < 1.29 is 4.39 Å². The molecular weight excluding hydrogens is 119 g/mol. The molecule has 0 saturated carbocycles. The molecule has 3 heteroatoms. The summed E-state index contributed by atoms with van der Waals surface area (Å²) in [6.07, 6.45) is 2.36. The van der Waals surface area contributed by atoms with E-state index in [1.165, 1.54) is 0 Å². The average molecular weight is 128 g/mol. The second kappa shape index (κ2) is 2.67. The minimum atomic E-state index is -0.672. The number of hydrogen-bond donors (Lipinski definition) is 0. The summed E-state index contributed by atoms with van der Waals surface area (Å²) >= 11 is 0. The van der Waals surface area contributed by atoms with Crippen LogP contribution in [0.4, 0.5) is 4.39 Å². The van der Waals surface area contributed by atoms with Gasteiger partial charge in [0.2, 0.25) is 0 Å². The zero-order chi connectivity index (χ0) is 6.69. The second-order valence-corrected chi connectivity index (χ2v) is 2.26. The van der Waals surface area contributed by atoms with E-state index in [9.17, 15) is 4.39 Å². The molecule has 0 amide bonds. The first kappa shape index (κ1) is 6.34. The van der Waals surface area contributed by atoms with Gasteiger partial charge in [0.05, 0.1) is 0 Å². The first-order valence-electron chi connectivity index (χ1n) is 3.11. The lowest BCUT2D eigenvalue weighted by atomic mass is 10.1. The summed E-state index contributed by atoms with van der Waals surface area (Å²) in [7, 11) is 0. The standard InChI is InChI=1S/C6H9FN2/c7-6-1-3-9(5-8)4-2-6/h6H,1-4H2. The highest BCUT2D eigenvalue weighted by molar-refractivity contribution is 4.80. The van der Waals surface area contributed by atoms with Crippen molar-refractivity contribution in [3.63, 3.8) is 0 Å². The maximum atomic E-state index is 12.4. The Morgan fingerprint density at radius 1 is 1.44 bits per heavy atom. The maximum Gasteiger partial charge on any atom is 0.179 e. The Bertz CT molecular complexity index is 122. The molecule has 1 heterocycles. The van der Waals surface area contributed by atoms with Crippen molar-refractivity contribution in [3.8, 4) is 6.19 Å². The van der Waals surface area contributed by atoms with Gasteiger partial charge in [-0.05, 0) is 12.8 Å². The van der Waals surface area contributed by atoms with Crippen LogP contribution >= 0.6 is 0 Å². The Kier molecular flexibility index (Phi) is 1.88. The minimum Gasteiger partial charge on any atom is -0.310 e. The molecule has 1 aliphatic heterocycles. The van der Waals surface area contributed by atoms with E-state index in [0.29, 0.717) is 25.9 Å². The SMILES string of the molecule is N#CN1CCC(F)CC1. The highest BCUT2D eigenvalue weighted by atomic mass is 19.1. The van der Waals surface area contributed by atoms with Crippen LogP contribution in [0.3, 0.4) is 0 Å². The van der Waals surface area contributed by atoms with E-state index in [0.717, 1.165) is 0 Å². The monoisotopic (exact) mass is 128 g/mol. The molecule has 0 aromatic rings.